The van der Waals surface area contributed by atoms with Crippen LogP contribution in [0.25, 0.3) is 0 Å². The van der Waals surface area contributed by atoms with Crippen LogP contribution in [0.2, 0.25) is 0 Å². The molecular formula is C12H23NO2. The van der Waals surface area contributed by atoms with Crippen molar-refractivity contribution in [3.63, 3.8) is 0 Å². The molecule has 3 heteroatoms. The molecule has 3 nitrogen and oxygen atoms in total. The first-order chi connectivity index (χ1) is 7.10. The summed E-state index contributed by atoms with van der Waals surface area (Å²) in [5.41, 5.74) is 0.569. The normalized spacial score (nSPS) is 35.4. The second-order valence-corrected chi connectivity index (χ2v) is 5.70. The van der Waals surface area contributed by atoms with Gasteiger partial charge < -0.3 is 9.84 Å². The van der Waals surface area contributed by atoms with Gasteiger partial charge in [-0.25, -0.2) is 0 Å². The maximum absolute atomic E-state index is 9.48. The van der Waals surface area contributed by atoms with Crippen LogP contribution in [-0.2, 0) is 4.74 Å². The number of nitrogens with zero attached hydrogens (tertiary/aromatic N) is 1. The highest BCUT2D eigenvalue weighted by atomic mass is 16.5. The Morgan fingerprint density at radius 3 is 2.33 bits per heavy atom. The van der Waals surface area contributed by atoms with E-state index in [0.29, 0.717) is 12.0 Å². The maximum Gasteiger partial charge on any atom is 0.0594 e. The molecule has 0 aromatic heterocycles. The van der Waals surface area contributed by atoms with Crippen molar-refractivity contribution in [3.8, 4) is 0 Å². The minimum Gasteiger partial charge on any atom is -0.396 e. The number of rotatable bonds is 4. The largest absolute Gasteiger partial charge is 0.396 e. The minimum atomic E-state index is 0.214. The Morgan fingerprint density at radius 1 is 1.27 bits per heavy atom. The fraction of sp³-hybridized carbons (Fsp3) is 1.00. The van der Waals surface area contributed by atoms with Gasteiger partial charge in [-0.05, 0) is 24.8 Å². The van der Waals surface area contributed by atoms with E-state index in [1.54, 1.807) is 0 Å². The van der Waals surface area contributed by atoms with Crippen molar-refractivity contribution >= 4 is 0 Å². The summed E-state index contributed by atoms with van der Waals surface area (Å²) in [4.78, 5) is 2.45. The molecule has 0 radical (unpaired) electrons. The molecular weight excluding hydrogens is 190 g/mol. The Balaban J connectivity index is 1.77. The lowest BCUT2D eigenvalue weighted by molar-refractivity contribution is 0.0311. The Hall–Kier alpha value is -0.120. The lowest BCUT2D eigenvalue weighted by Crippen LogP contribution is -2.38. The second kappa shape index (κ2) is 4.04. The van der Waals surface area contributed by atoms with Crippen molar-refractivity contribution in [1.29, 1.82) is 0 Å². The summed E-state index contributed by atoms with van der Waals surface area (Å²) in [7, 11) is 0. The third-order valence-electron chi connectivity index (χ3n) is 4.40. The zero-order chi connectivity index (χ0) is 10.9. The Morgan fingerprint density at radius 2 is 1.87 bits per heavy atom. The molecule has 1 aliphatic heterocycles. The molecule has 1 aliphatic carbocycles. The zero-order valence-electron chi connectivity index (χ0n) is 9.96. The van der Waals surface area contributed by atoms with E-state index in [4.69, 9.17) is 4.74 Å². The third-order valence-corrected chi connectivity index (χ3v) is 4.40. The lowest BCUT2D eigenvalue weighted by atomic mass is 9.93. The number of ether oxygens (including phenoxy) is 1. The standard InChI is InChI=1S/C12H23NO2/c1-11(2)9-12(11,10-14)3-4-13-5-7-15-8-6-13/h14H,3-10H2,1-2H3. The van der Waals surface area contributed by atoms with Crippen LogP contribution in [0.15, 0.2) is 0 Å². The van der Waals surface area contributed by atoms with E-state index in [9.17, 15) is 5.11 Å². The van der Waals surface area contributed by atoms with Gasteiger partial charge in [-0.1, -0.05) is 13.8 Å². The number of hydrogen-bond donors (Lipinski definition) is 1. The molecule has 1 unspecified atom stereocenters. The molecule has 1 saturated carbocycles. The van der Waals surface area contributed by atoms with Crippen molar-refractivity contribution in [1.82, 2.24) is 4.90 Å². The number of aliphatic hydroxyl groups is 1. The van der Waals surface area contributed by atoms with Gasteiger partial charge in [-0.2, -0.15) is 0 Å². The van der Waals surface area contributed by atoms with Gasteiger partial charge in [-0.3, -0.25) is 4.90 Å². The predicted octanol–water partition coefficient (Wildman–Crippen LogP) is 1.12. The van der Waals surface area contributed by atoms with E-state index in [0.717, 1.165) is 39.3 Å². The first-order valence-electron chi connectivity index (χ1n) is 6.01. The molecule has 2 rings (SSSR count). The molecule has 0 amide bonds. The first-order valence-corrected chi connectivity index (χ1v) is 6.01. The molecule has 2 aliphatic rings. The van der Waals surface area contributed by atoms with Gasteiger partial charge in [0.2, 0.25) is 0 Å². The average molecular weight is 213 g/mol. The van der Waals surface area contributed by atoms with Gasteiger partial charge in [0.15, 0.2) is 0 Å². The molecule has 15 heavy (non-hydrogen) atoms. The molecule has 0 aromatic rings. The Labute approximate surface area is 92.4 Å². The maximum atomic E-state index is 9.48. The van der Waals surface area contributed by atoms with E-state index >= 15 is 0 Å². The second-order valence-electron chi connectivity index (χ2n) is 5.70. The summed E-state index contributed by atoms with van der Waals surface area (Å²) in [6.07, 6.45) is 2.32. The summed E-state index contributed by atoms with van der Waals surface area (Å²) in [6, 6.07) is 0. The molecule has 88 valence electrons. The highest BCUT2D eigenvalue weighted by Gasteiger charge is 2.59. The smallest absolute Gasteiger partial charge is 0.0594 e. The van der Waals surface area contributed by atoms with Gasteiger partial charge in [-0.15, -0.1) is 0 Å². The number of morpholine rings is 1. The predicted molar refractivity (Wildman–Crippen MR) is 59.8 cm³/mol. The van der Waals surface area contributed by atoms with Gasteiger partial charge in [0.1, 0.15) is 0 Å². The lowest BCUT2D eigenvalue weighted by Gasteiger charge is -2.29. The van der Waals surface area contributed by atoms with E-state index in [-0.39, 0.29) is 5.41 Å². The fourth-order valence-corrected chi connectivity index (χ4v) is 2.77. The number of aliphatic hydroxyl groups excluding tert-OH is 1. The molecule has 1 heterocycles. The SMILES string of the molecule is CC1(C)CC1(CO)CCN1CCOCC1. The van der Waals surface area contributed by atoms with Crippen LogP contribution < -0.4 is 0 Å². The monoisotopic (exact) mass is 213 g/mol. The van der Waals surface area contributed by atoms with Gasteiger partial charge >= 0.3 is 0 Å². The van der Waals surface area contributed by atoms with Crippen molar-refractivity contribution in [2.24, 2.45) is 10.8 Å². The van der Waals surface area contributed by atoms with Gasteiger partial charge in [0, 0.05) is 25.1 Å². The van der Waals surface area contributed by atoms with Crippen LogP contribution in [0, 0.1) is 10.8 Å². The summed E-state index contributed by atoms with van der Waals surface area (Å²) in [5.74, 6) is 0. The first kappa shape index (κ1) is 11.4. The molecule has 1 saturated heterocycles. The van der Waals surface area contributed by atoms with Gasteiger partial charge in [0.05, 0.1) is 13.2 Å². The molecule has 0 spiro atoms. The average Bonchev–Trinajstić information content (AvgIpc) is 2.80. The molecule has 2 fully saturated rings. The molecule has 0 bridgehead atoms. The third kappa shape index (κ3) is 2.19. The topological polar surface area (TPSA) is 32.7 Å². The van der Waals surface area contributed by atoms with Crippen LogP contribution in [0.4, 0.5) is 0 Å². The molecule has 0 aromatic carbocycles. The zero-order valence-corrected chi connectivity index (χ0v) is 9.96. The van der Waals surface area contributed by atoms with E-state index in [2.05, 4.69) is 18.7 Å². The van der Waals surface area contributed by atoms with Crippen molar-refractivity contribution < 1.29 is 9.84 Å². The van der Waals surface area contributed by atoms with Crippen molar-refractivity contribution in [3.05, 3.63) is 0 Å². The quantitative estimate of drug-likeness (QED) is 0.759. The van der Waals surface area contributed by atoms with Gasteiger partial charge in [0.25, 0.3) is 0 Å². The summed E-state index contributed by atoms with van der Waals surface area (Å²) in [5, 5.41) is 9.48. The van der Waals surface area contributed by atoms with Crippen LogP contribution in [0.5, 0.6) is 0 Å². The summed E-state index contributed by atoms with van der Waals surface area (Å²) >= 11 is 0. The Bertz CT molecular complexity index is 224. The van der Waals surface area contributed by atoms with Crippen LogP contribution in [0.3, 0.4) is 0 Å². The van der Waals surface area contributed by atoms with E-state index in [1.807, 2.05) is 0 Å². The number of hydrogen-bond acceptors (Lipinski definition) is 3. The summed E-state index contributed by atoms with van der Waals surface area (Å²) in [6.45, 7) is 9.86. The fourth-order valence-electron chi connectivity index (χ4n) is 2.77. The summed E-state index contributed by atoms with van der Waals surface area (Å²) < 4.78 is 5.32. The van der Waals surface area contributed by atoms with E-state index < -0.39 is 0 Å². The van der Waals surface area contributed by atoms with Crippen LogP contribution >= 0.6 is 0 Å². The Kier molecular flexibility index (Phi) is 3.06. The molecule has 1 atom stereocenters. The highest BCUT2D eigenvalue weighted by Crippen LogP contribution is 2.65. The molecule has 1 N–H and O–H groups in total. The minimum absolute atomic E-state index is 0.214. The van der Waals surface area contributed by atoms with E-state index in [1.165, 1.54) is 6.42 Å². The van der Waals surface area contributed by atoms with Crippen LogP contribution in [0.1, 0.15) is 26.7 Å². The van der Waals surface area contributed by atoms with Crippen molar-refractivity contribution in [2.75, 3.05) is 39.5 Å². The highest BCUT2D eigenvalue weighted by molar-refractivity contribution is 5.09. The van der Waals surface area contributed by atoms with Crippen molar-refractivity contribution in [2.45, 2.75) is 26.7 Å². The van der Waals surface area contributed by atoms with Crippen LogP contribution in [-0.4, -0.2) is 49.5 Å².